The van der Waals surface area contributed by atoms with Crippen molar-refractivity contribution in [3.05, 3.63) is 60.2 Å². The van der Waals surface area contributed by atoms with Gasteiger partial charge in [-0.2, -0.15) is 0 Å². The summed E-state index contributed by atoms with van der Waals surface area (Å²) in [6.45, 7) is 1.00. The zero-order chi connectivity index (χ0) is 19.9. The number of hydrogen-bond acceptors (Lipinski definition) is 4. The summed E-state index contributed by atoms with van der Waals surface area (Å²) in [6.07, 6.45) is 1.66. The molecule has 1 aliphatic rings. The van der Waals surface area contributed by atoms with Gasteiger partial charge in [-0.15, -0.1) is 0 Å². The van der Waals surface area contributed by atoms with Crippen LogP contribution >= 0.6 is 0 Å². The Hall–Kier alpha value is -3.15. The van der Waals surface area contributed by atoms with E-state index in [9.17, 15) is 14.4 Å². The Balaban J connectivity index is 1.59. The Morgan fingerprint density at radius 3 is 2.32 bits per heavy atom. The van der Waals surface area contributed by atoms with Crippen molar-refractivity contribution in [1.29, 1.82) is 0 Å². The number of likely N-dealkylation sites (tertiary alicyclic amines) is 1. The molecule has 6 nitrogen and oxygen atoms in total. The molecule has 1 fully saturated rings. The van der Waals surface area contributed by atoms with Crippen LogP contribution in [-0.4, -0.2) is 35.6 Å². The lowest BCUT2D eigenvalue weighted by atomic mass is 9.90. The molecule has 1 aliphatic heterocycles. The van der Waals surface area contributed by atoms with Crippen LogP contribution in [0.25, 0.3) is 0 Å². The van der Waals surface area contributed by atoms with Gasteiger partial charge in [0.1, 0.15) is 11.5 Å². The van der Waals surface area contributed by atoms with Gasteiger partial charge in [-0.05, 0) is 49.2 Å². The van der Waals surface area contributed by atoms with Crippen molar-refractivity contribution in [2.45, 2.75) is 25.7 Å². The second-order valence-electron chi connectivity index (χ2n) is 6.95. The molecule has 0 unspecified atom stereocenters. The standard InChI is InChI=1S/C22H24N2O4/c23-20(25)12-13-21(26)24-14-4-5-17(15-24)22(27)16-8-10-19(11-9-16)28-18-6-2-1-3-7-18/h1-3,6-11,17H,4-5,12-15H2,(H2,23,25)/t17-/m0/s1. The molecule has 0 spiro atoms. The molecule has 0 radical (unpaired) electrons. The molecule has 0 bridgehead atoms. The quantitative estimate of drug-likeness (QED) is 0.747. The van der Waals surface area contributed by atoms with Crippen molar-refractivity contribution in [2.24, 2.45) is 11.7 Å². The first-order valence-electron chi connectivity index (χ1n) is 9.46. The van der Waals surface area contributed by atoms with Crippen molar-refractivity contribution >= 4 is 17.6 Å². The molecule has 28 heavy (non-hydrogen) atoms. The molecule has 1 saturated heterocycles. The monoisotopic (exact) mass is 380 g/mol. The smallest absolute Gasteiger partial charge is 0.223 e. The second-order valence-corrected chi connectivity index (χ2v) is 6.95. The summed E-state index contributed by atoms with van der Waals surface area (Å²) < 4.78 is 5.75. The van der Waals surface area contributed by atoms with Crippen LogP contribution in [0.3, 0.4) is 0 Å². The van der Waals surface area contributed by atoms with Crippen LogP contribution in [0.2, 0.25) is 0 Å². The fraction of sp³-hybridized carbons (Fsp3) is 0.318. The Labute approximate surface area is 164 Å². The normalized spacial score (nSPS) is 16.4. The summed E-state index contributed by atoms with van der Waals surface area (Å²) in [5.74, 6) is 0.582. The van der Waals surface area contributed by atoms with Crippen molar-refractivity contribution in [3.8, 4) is 11.5 Å². The Morgan fingerprint density at radius 1 is 0.964 bits per heavy atom. The maximum atomic E-state index is 12.9. The first-order valence-corrected chi connectivity index (χ1v) is 9.46. The van der Waals surface area contributed by atoms with Crippen molar-refractivity contribution in [2.75, 3.05) is 13.1 Å². The molecule has 2 amide bonds. The fourth-order valence-corrected chi connectivity index (χ4v) is 3.35. The van der Waals surface area contributed by atoms with Gasteiger partial charge in [-0.1, -0.05) is 18.2 Å². The highest BCUT2D eigenvalue weighted by Crippen LogP contribution is 2.25. The number of Topliss-reactive ketones (excluding diaryl/α,β-unsaturated/α-hetero) is 1. The molecule has 0 saturated carbocycles. The van der Waals surface area contributed by atoms with Gasteiger partial charge in [0, 0.05) is 37.4 Å². The molecule has 1 atom stereocenters. The van der Waals surface area contributed by atoms with Crippen LogP contribution in [0.1, 0.15) is 36.0 Å². The number of carbonyl (C=O) groups excluding carboxylic acids is 3. The van der Waals surface area contributed by atoms with E-state index >= 15 is 0 Å². The molecule has 2 aromatic carbocycles. The van der Waals surface area contributed by atoms with Crippen LogP contribution in [0.5, 0.6) is 11.5 Å². The largest absolute Gasteiger partial charge is 0.457 e. The Morgan fingerprint density at radius 2 is 1.64 bits per heavy atom. The van der Waals surface area contributed by atoms with Crippen LogP contribution in [0.15, 0.2) is 54.6 Å². The van der Waals surface area contributed by atoms with E-state index in [4.69, 9.17) is 10.5 Å². The van der Waals surface area contributed by atoms with Crippen molar-refractivity contribution < 1.29 is 19.1 Å². The molecule has 0 aliphatic carbocycles. The molecule has 6 heteroatoms. The molecule has 0 aromatic heterocycles. The summed E-state index contributed by atoms with van der Waals surface area (Å²) in [5.41, 5.74) is 5.72. The highest BCUT2D eigenvalue weighted by atomic mass is 16.5. The lowest BCUT2D eigenvalue weighted by Crippen LogP contribution is -2.42. The van der Waals surface area contributed by atoms with Gasteiger partial charge in [0.05, 0.1) is 0 Å². The number of ketones is 1. The van der Waals surface area contributed by atoms with Crippen LogP contribution in [0, 0.1) is 5.92 Å². The first kappa shape index (κ1) is 19.6. The SMILES string of the molecule is NC(=O)CCC(=O)N1CCC[C@H](C(=O)c2ccc(Oc3ccccc3)cc2)C1. The number of nitrogens with two attached hydrogens (primary N) is 1. The number of rotatable bonds is 7. The number of carbonyl (C=O) groups is 3. The Kier molecular flexibility index (Phi) is 6.42. The minimum atomic E-state index is -0.490. The number of piperidine rings is 1. The number of ether oxygens (including phenoxy) is 1. The average molecular weight is 380 g/mol. The van der Waals surface area contributed by atoms with E-state index in [-0.39, 0.29) is 30.4 Å². The summed E-state index contributed by atoms with van der Waals surface area (Å²) >= 11 is 0. The maximum absolute atomic E-state index is 12.9. The third-order valence-electron chi connectivity index (χ3n) is 4.85. The van der Waals surface area contributed by atoms with E-state index in [1.807, 2.05) is 30.3 Å². The molecule has 1 heterocycles. The number of para-hydroxylation sites is 1. The zero-order valence-electron chi connectivity index (χ0n) is 15.7. The van der Waals surface area contributed by atoms with Gasteiger partial charge in [0.25, 0.3) is 0 Å². The van der Waals surface area contributed by atoms with E-state index in [0.29, 0.717) is 24.4 Å². The van der Waals surface area contributed by atoms with Crippen molar-refractivity contribution in [1.82, 2.24) is 4.90 Å². The molecule has 2 aromatic rings. The van der Waals surface area contributed by atoms with Crippen LogP contribution in [0.4, 0.5) is 0 Å². The third kappa shape index (κ3) is 5.19. The van der Waals surface area contributed by atoms with Gasteiger partial charge in [0.15, 0.2) is 5.78 Å². The molecule has 3 rings (SSSR count). The molecular formula is C22H24N2O4. The lowest BCUT2D eigenvalue weighted by molar-refractivity contribution is -0.134. The molecule has 146 valence electrons. The summed E-state index contributed by atoms with van der Waals surface area (Å²) in [5, 5.41) is 0. The van der Waals surface area contributed by atoms with Gasteiger partial charge >= 0.3 is 0 Å². The Bertz CT molecular complexity index is 833. The van der Waals surface area contributed by atoms with E-state index in [1.165, 1.54) is 0 Å². The van der Waals surface area contributed by atoms with E-state index in [1.54, 1.807) is 29.2 Å². The summed E-state index contributed by atoms with van der Waals surface area (Å²) in [6, 6.07) is 16.5. The predicted molar refractivity (Wildman–Crippen MR) is 105 cm³/mol. The number of primary amides is 1. The second kappa shape index (κ2) is 9.17. The van der Waals surface area contributed by atoms with E-state index < -0.39 is 5.91 Å². The van der Waals surface area contributed by atoms with Crippen LogP contribution in [-0.2, 0) is 9.59 Å². The van der Waals surface area contributed by atoms with Crippen LogP contribution < -0.4 is 10.5 Å². The topological polar surface area (TPSA) is 89.7 Å². The number of benzene rings is 2. The van der Waals surface area contributed by atoms with Gasteiger partial charge in [-0.25, -0.2) is 0 Å². The highest BCUT2D eigenvalue weighted by Gasteiger charge is 2.29. The predicted octanol–water partition coefficient (Wildman–Crippen LogP) is 3.17. The number of hydrogen-bond donors (Lipinski definition) is 1. The summed E-state index contributed by atoms with van der Waals surface area (Å²) in [7, 11) is 0. The van der Waals surface area contributed by atoms with Gasteiger partial charge in [-0.3, -0.25) is 14.4 Å². The molecule has 2 N–H and O–H groups in total. The lowest BCUT2D eigenvalue weighted by Gasteiger charge is -2.32. The maximum Gasteiger partial charge on any atom is 0.223 e. The zero-order valence-corrected chi connectivity index (χ0v) is 15.7. The van der Waals surface area contributed by atoms with Crippen molar-refractivity contribution in [3.63, 3.8) is 0 Å². The van der Waals surface area contributed by atoms with Gasteiger partial charge in [0.2, 0.25) is 11.8 Å². The average Bonchev–Trinajstić information content (AvgIpc) is 2.73. The minimum absolute atomic E-state index is 0.0265. The van der Waals surface area contributed by atoms with E-state index in [0.717, 1.165) is 18.6 Å². The molecular weight excluding hydrogens is 356 g/mol. The minimum Gasteiger partial charge on any atom is -0.457 e. The summed E-state index contributed by atoms with van der Waals surface area (Å²) in [4.78, 5) is 37.6. The van der Waals surface area contributed by atoms with Gasteiger partial charge < -0.3 is 15.4 Å². The van der Waals surface area contributed by atoms with E-state index in [2.05, 4.69) is 0 Å². The number of nitrogens with zero attached hydrogens (tertiary/aromatic N) is 1. The third-order valence-corrected chi connectivity index (χ3v) is 4.85. The highest BCUT2D eigenvalue weighted by molar-refractivity contribution is 5.98. The first-order chi connectivity index (χ1) is 13.5. The number of amides is 2. The fourth-order valence-electron chi connectivity index (χ4n) is 3.35.